The van der Waals surface area contributed by atoms with Crippen molar-refractivity contribution in [2.45, 2.75) is 25.8 Å². The van der Waals surface area contributed by atoms with Gasteiger partial charge in [-0.05, 0) is 31.4 Å². The Kier molecular flexibility index (Phi) is 1.65. The van der Waals surface area contributed by atoms with Crippen molar-refractivity contribution in [2.24, 2.45) is 0 Å². The second-order valence-corrected chi connectivity index (χ2v) is 4.19. The monoisotopic (exact) mass is 202 g/mol. The summed E-state index contributed by atoms with van der Waals surface area (Å²) in [7, 11) is 0. The van der Waals surface area contributed by atoms with E-state index in [0.29, 0.717) is 12.0 Å². The molecular formula is C11H14N4. The van der Waals surface area contributed by atoms with Gasteiger partial charge in [0.05, 0.1) is 5.69 Å². The van der Waals surface area contributed by atoms with Gasteiger partial charge in [-0.1, -0.05) is 6.07 Å². The molecule has 3 aliphatic rings. The Labute approximate surface area is 88.2 Å². The lowest BCUT2D eigenvalue weighted by atomic mass is 10.2. The minimum Gasteiger partial charge on any atom is -0.369 e. The molecule has 78 valence electrons. The fourth-order valence-electron chi connectivity index (χ4n) is 1.82. The maximum atomic E-state index is 5.74. The second-order valence-electron chi connectivity index (χ2n) is 4.19. The molecule has 15 heavy (non-hydrogen) atoms. The van der Waals surface area contributed by atoms with Crippen LogP contribution in [-0.4, -0.2) is 16.0 Å². The molecule has 1 aliphatic heterocycles. The largest absolute Gasteiger partial charge is 0.369 e. The summed E-state index contributed by atoms with van der Waals surface area (Å²) in [5.74, 6) is 1.39. The zero-order valence-corrected chi connectivity index (χ0v) is 8.67. The summed E-state index contributed by atoms with van der Waals surface area (Å²) in [6.45, 7) is 2.07. The predicted molar refractivity (Wildman–Crippen MR) is 61.0 cm³/mol. The third kappa shape index (κ3) is 1.42. The number of nitrogens with zero attached hydrogens (tertiary/aromatic N) is 1. The second kappa shape index (κ2) is 2.89. The molecule has 0 saturated heterocycles. The molecule has 0 unspecified atom stereocenters. The van der Waals surface area contributed by atoms with Crippen LogP contribution >= 0.6 is 0 Å². The van der Waals surface area contributed by atoms with Gasteiger partial charge in [-0.2, -0.15) is 4.98 Å². The number of hydrogen-bond acceptors (Lipinski definition) is 3. The van der Waals surface area contributed by atoms with Crippen LogP contribution in [0.2, 0.25) is 0 Å². The van der Waals surface area contributed by atoms with Gasteiger partial charge in [0.2, 0.25) is 0 Å². The van der Waals surface area contributed by atoms with Crippen LogP contribution in [0.25, 0.3) is 11.3 Å². The highest BCUT2D eigenvalue weighted by Gasteiger charge is 2.24. The Bertz CT molecular complexity index is 470. The van der Waals surface area contributed by atoms with E-state index >= 15 is 0 Å². The number of aryl methyl sites for hydroxylation is 1. The van der Waals surface area contributed by atoms with Gasteiger partial charge in [0, 0.05) is 11.6 Å². The summed E-state index contributed by atoms with van der Waals surface area (Å²) >= 11 is 0. The number of nitrogen functional groups attached to an aromatic ring is 1. The van der Waals surface area contributed by atoms with Crippen molar-refractivity contribution in [3.05, 3.63) is 17.7 Å². The lowest BCUT2D eigenvalue weighted by molar-refractivity contribution is 1.09. The standard InChI is InChI=1S/C11H14N4/c1-6-2-5-8-9(6)14-11(12)15-10(8)13-7-3-4-7/h2,5,7,13H,3-4H2,1H3,(H3,12,14,15). The van der Waals surface area contributed by atoms with Crippen molar-refractivity contribution >= 4 is 11.8 Å². The van der Waals surface area contributed by atoms with Crippen LogP contribution in [0.3, 0.4) is 0 Å². The maximum Gasteiger partial charge on any atom is 0.199 e. The maximum absolute atomic E-state index is 5.74. The summed E-state index contributed by atoms with van der Waals surface area (Å²) in [4.78, 5) is 7.40. The predicted octanol–water partition coefficient (Wildman–Crippen LogP) is 1.98. The van der Waals surface area contributed by atoms with E-state index in [1.165, 1.54) is 18.4 Å². The highest BCUT2D eigenvalue weighted by Crippen LogP contribution is 2.34. The van der Waals surface area contributed by atoms with Crippen LogP contribution < -0.4 is 11.1 Å². The smallest absolute Gasteiger partial charge is 0.199 e. The molecule has 0 atom stereocenters. The van der Waals surface area contributed by atoms with Crippen molar-refractivity contribution in [2.75, 3.05) is 11.1 Å². The Morgan fingerprint density at radius 1 is 1.47 bits per heavy atom. The number of aromatic amines is 1. The van der Waals surface area contributed by atoms with E-state index in [4.69, 9.17) is 5.73 Å². The Morgan fingerprint density at radius 3 is 3.00 bits per heavy atom. The molecule has 1 fully saturated rings. The first-order valence-corrected chi connectivity index (χ1v) is 5.25. The molecule has 4 heteroatoms. The molecule has 1 saturated carbocycles. The number of aromatic nitrogens is 2. The van der Waals surface area contributed by atoms with Crippen LogP contribution in [0.1, 0.15) is 18.4 Å². The third-order valence-electron chi connectivity index (χ3n) is 2.82. The van der Waals surface area contributed by atoms with Crippen LogP contribution in [0.15, 0.2) is 12.1 Å². The summed E-state index contributed by atoms with van der Waals surface area (Å²) in [5, 5.41) is 3.40. The molecule has 4 N–H and O–H groups in total. The molecular weight excluding hydrogens is 188 g/mol. The summed E-state index contributed by atoms with van der Waals surface area (Å²) in [5.41, 5.74) is 9.17. The number of anilines is 2. The van der Waals surface area contributed by atoms with E-state index in [0.717, 1.165) is 17.1 Å². The van der Waals surface area contributed by atoms with Crippen LogP contribution in [0.4, 0.5) is 11.8 Å². The summed E-state index contributed by atoms with van der Waals surface area (Å²) in [6, 6.07) is 4.76. The van der Waals surface area contributed by atoms with E-state index < -0.39 is 0 Å². The van der Waals surface area contributed by atoms with E-state index in [1.54, 1.807) is 0 Å². The number of nitrogens with two attached hydrogens (primary N) is 1. The number of H-pyrrole nitrogens is 1. The van der Waals surface area contributed by atoms with Crippen molar-refractivity contribution in [3.63, 3.8) is 0 Å². The van der Waals surface area contributed by atoms with Gasteiger partial charge in [-0.25, -0.2) is 0 Å². The fourth-order valence-corrected chi connectivity index (χ4v) is 1.82. The number of fused-ring (bicyclic) bond motifs is 1. The molecule has 1 heterocycles. The molecule has 3 rings (SSSR count). The zero-order valence-electron chi connectivity index (χ0n) is 8.67. The topological polar surface area (TPSA) is 66.7 Å². The molecule has 0 bridgehead atoms. The number of rotatable bonds is 2. The fraction of sp³-hybridized carbons (Fsp3) is 0.364. The Morgan fingerprint density at radius 2 is 2.27 bits per heavy atom. The first-order chi connectivity index (χ1) is 7.24. The van der Waals surface area contributed by atoms with Gasteiger partial charge >= 0.3 is 0 Å². The average molecular weight is 202 g/mol. The van der Waals surface area contributed by atoms with Gasteiger partial charge in [0.1, 0.15) is 5.82 Å². The van der Waals surface area contributed by atoms with E-state index in [1.807, 2.05) is 0 Å². The summed E-state index contributed by atoms with van der Waals surface area (Å²) < 4.78 is 0. The van der Waals surface area contributed by atoms with Crippen molar-refractivity contribution in [1.82, 2.24) is 9.97 Å². The normalized spacial score (nSPS) is 15.8. The molecule has 0 aromatic rings. The Hall–Kier alpha value is -1.71. The number of hydrogen-bond donors (Lipinski definition) is 3. The van der Waals surface area contributed by atoms with Gasteiger partial charge in [-0.3, -0.25) is 0 Å². The Balaban J connectivity index is 2.10. The van der Waals surface area contributed by atoms with E-state index in [2.05, 4.69) is 34.3 Å². The minimum atomic E-state index is 0.472. The first-order valence-electron chi connectivity index (χ1n) is 5.25. The molecule has 0 aromatic heterocycles. The van der Waals surface area contributed by atoms with Crippen molar-refractivity contribution in [1.29, 1.82) is 0 Å². The van der Waals surface area contributed by atoms with E-state index in [9.17, 15) is 0 Å². The van der Waals surface area contributed by atoms with Crippen LogP contribution in [0, 0.1) is 6.92 Å². The quantitative estimate of drug-likeness (QED) is 0.697. The molecule has 2 aliphatic carbocycles. The van der Waals surface area contributed by atoms with Gasteiger partial charge in [0.25, 0.3) is 0 Å². The first kappa shape index (κ1) is 8.59. The highest BCUT2D eigenvalue weighted by molar-refractivity contribution is 5.78. The van der Waals surface area contributed by atoms with Crippen LogP contribution in [-0.2, 0) is 0 Å². The van der Waals surface area contributed by atoms with Gasteiger partial charge < -0.3 is 16.0 Å². The van der Waals surface area contributed by atoms with Crippen molar-refractivity contribution < 1.29 is 0 Å². The lowest BCUT2D eigenvalue weighted by Gasteiger charge is -2.11. The SMILES string of the molecule is Cc1ccc2c(NC3CC3)nc(N)[nH]c1-2. The summed E-state index contributed by atoms with van der Waals surface area (Å²) in [6.07, 6.45) is 2.47. The molecule has 0 radical (unpaired) electrons. The van der Waals surface area contributed by atoms with E-state index in [-0.39, 0.29) is 0 Å². The molecule has 0 amide bonds. The molecule has 4 nitrogen and oxygen atoms in total. The molecule has 0 spiro atoms. The lowest BCUT2D eigenvalue weighted by Crippen LogP contribution is -2.08. The average Bonchev–Trinajstić information content (AvgIpc) is 2.92. The van der Waals surface area contributed by atoms with Crippen molar-refractivity contribution in [3.8, 4) is 11.3 Å². The van der Waals surface area contributed by atoms with Gasteiger partial charge in [0.15, 0.2) is 5.95 Å². The number of nitrogens with one attached hydrogen (secondary N) is 2. The molecule has 0 aromatic carbocycles. The van der Waals surface area contributed by atoms with Crippen LogP contribution in [0.5, 0.6) is 0 Å². The minimum absolute atomic E-state index is 0.472. The highest BCUT2D eigenvalue weighted by atomic mass is 15.1. The third-order valence-corrected chi connectivity index (χ3v) is 2.82. The zero-order chi connectivity index (χ0) is 10.4. The van der Waals surface area contributed by atoms with Gasteiger partial charge in [-0.15, -0.1) is 0 Å².